The standard InChI is InChI=1S/C17H23F2N3O/c1-13-4-7-20-15(11-13)22-8-2-3-14(12-22)16(23)21-9-5-17(18,19)6-10-21/h4,7,11,14H,2-3,5-6,8-10,12H2,1H3. The van der Waals surface area contributed by atoms with Crippen molar-refractivity contribution in [3.05, 3.63) is 23.9 Å². The fraction of sp³-hybridized carbons (Fsp3) is 0.647. The second-order valence-corrected chi connectivity index (χ2v) is 6.66. The maximum atomic E-state index is 13.3. The van der Waals surface area contributed by atoms with Gasteiger partial charge in [0.1, 0.15) is 5.82 Å². The molecular weight excluding hydrogens is 300 g/mol. The molecule has 0 bridgehead atoms. The third kappa shape index (κ3) is 3.79. The van der Waals surface area contributed by atoms with E-state index < -0.39 is 5.92 Å². The molecule has 126 valence electrons. The zero-order chi connectivity index (χ0) is 16.4. The van der Waals surface area contributed by atoms with Crippen LogP contribution in [0.4, 0.5) is 14.6 Å². The summed E-state index contributed by atoms with van der Waals surface area (Å²) in [6.45, 7) is 3.88. The summed E-state index contributed by atoms with van der Waals surface area (Å²) in [5.74, 6) is -1.80. The highest BCUT2D eigenvalue weighted by Crippen LogP contribution is 2.30. The molecule has 1 aromatic heterocycles. The van der Waals surface area contributed by atoms with E-state index in [1.165, 1.54) is 0 Å². The van der Waals surface area contributed by atoms with E-state index in [2.05, 4.69) is 9.88 Å². The molecule has 0 spiro atoms. The van der Waals surface area contributed by atoms with Gasteiger partial charge in [-0.05, 0) is 37.5 Å². The number of aryl methyl sites for hydroxylation is 1. The lowest BCUT2D eigenvalue weighted by Gasteiger charge is -2.38. The van der Waals surface area contributed by atoms with Gasteiger partial charge in [0.25, 0.3) is 5.92 Å². The van der Waals surface area contributed by atoms with Gasteiger partial charge < -0.3 is 9.80 Å². The van der Waals surface area contributed by atoms with E-state index in [0.29, 0.717) is 6.54 Å². The van der Waals surface area contributed by atoms with Crippen molar-refractivity contribution < 1.29 is 13.6 Å². The largest absolute Gasteiger partial charge is 0.356 e. The van der Waals surface area contributed by atoms with Crippen molar-refractivity contribution in [3.63, 3.8) is 0 Å². The first-order valence-electron chi connectivity index (χ1n) is 8.29. The SMILES string of the molecule is Cc1ccnc(N2CCCC(C(=O)N3CCC(F)(F)CC3)C2)c1. The molecule has 0 aromatic carbocycles. The van der Waals surface area contributed by atoms with E-state index in [4.69, 9.17) is 0 Å². The second-order valence-electron chi connectivity index (χ2n) is 6.66. The first-order chi connectivity index (χ1) is 10.9. The molecule has 0 radical (unpaired) electrons. The highest BCUT2D eigenvalue weighted by molar-refractivity contribution is 5.80. The van der Waals surface area contributed by atoms with Crippen LogP contribution in [0.2, 0.25) is 0 Å². The number of anilines is 1. The highest BCUT2D eigenvalue weighted by atomic mass is 19.3. The van der Waals surface area contributed by atoms with Crippen molar-refractivity contribution in [1.82, 2.24) is 9.88 Å². The second kappa shape index (κ2) is 6.42. The van der Waals surface area contributed by atoms with Crippen molar-refractivity contribution in [2.24, 2.45) is 5.92 Å². The van der Waals surface area contributed by atoms with E-state index in [1.807, 2.05) is 19.1 Å². The lowest BCUT2D eigenvalue weighted by molar-refractivity contribution is -0.141. The molecule has 6 heteroatoms. The molecule has 0 N–H and O–H groups in total. The predicted molar refractivity (Wildman–Crippen MR) is 84.7 cm³/mol. The number of hydrogen-bond acceptors (Lipinski definition) is 3. The molecule has 0 saturated carbocycles. The number of pyridine rings is 1. The number of amides is 1. The van der Waals surface area contributed by atoms with Crippen LogP contribution in [0.1, 0.15) is 31.2 Å². The minimum Gasteiger partial charge on any atom is -0.356 e. The lowest BCUT2D eigenvalue weighted by atomic mass is 9.95. The minimum atomic E-state index is -2.61. The maximum absolute atomic E-state index is 13.3. The van der Waals surface area contributed by atoms with E-state index in [9.17, 15) is 13.6 Å². The number of piperidine rings is 2. The Morgan fingerprint density at radius 2 is 2.04 bits per heavy atom. The van der Waals surface area contributed by atoms with Crippen molar-refractivity contribution in [1.29, 1.82) is 0 Å². The summed E-state index contributed by atoms with van der Waals surface area (Å²) in [5, 5.41) is 0. The van der Waals surface area contributed by atoms with Gasteiger partial charge in [0.05, 0.1) is 5.92 Å². The fourth-order valence-electron chi connectivity index (χ4n) is 3.39. The van der Waals surface area contributed by atoms with Crippen molar-refractivity contribution in [3.8, 4) is 0 Å². The number of halogens is 2. The van der Waals surface area contributed by atoms with Crippen LogP contribution in [-0.4, -0.2) is 47.9 Å². The molecule has 3 heterocycles. The predicted octanol–water partition coefficient (Wildman–Crippen LogP) is 2.86. The van der Waals surface area contributed by atoms with Crippen LogP contribution in [0.5, 0.6) is 0 Å². The number of likely N-dealkylation sites (tertiary alicyclic amines) is 1. The number of rotatable bonds is 2. The molecular formula is C17H23F2N3O. The van der Waals surface area contributed by atoms with Crippen LogP contribution in [0.3, 0.4) is 0 Å². The van der Waals surface area contributed by atoms with E-state index in [-0.39, 0.29) is 37.8 Å². The van der Waals surface area contributed by atoms with Crippen LogP contribution in [0.25, 0.3) is 0 Å². The number of alkyl halides is 2. The Labute approximate surface area is 135 Å². The first kappa shape index (κ1) is 16.1. The van der Waals surface area contributed by atoms with Crippen LogP contribution >= 0.6 is 0 Å². The van der Waals surface area contributed by atoms with Gasteiger partial charge >= 0.3 is 0 Å². The zero-order valence-corrected chi connectivity index (χ0v) is 13.5. The van der Waals surface area contributed by atoms with Crippen molar-refractivity contribution in [2.45, 2.75) is 38.5 Å². The molecule has 3 rings (SSSR count). The van der Waals surface area contributed by atoms with Crippen molar-refractivity contribution >= 4 is 11.7 Å². The van der Waals surface area contributed by atoms with Crippen LogP contribution in [0, 0.1) is 12.8 Å². The van der Waals surface area contributed by atoms with E-state index >= 15 is 0 Å². The monoisotopic (exact) mass is 323 g/mol. The van der Waals surface area contributed by atoms with Crippen LogP contribution < -0.4 is 4.90 Å². The first-order valence-corrected chi connectivity index (χ1v) is 8.29. The Balaban J connectivity index is 1.63. The number of carbonyl (C=O) groups is 1. The van der Waals surface area contributed by atoms with Gasteiger partial charge in [-0.1, -0.05) is 0 Å². The van der Waals surface area contributed by atoms with Crippen LogP contribution in [0.15, 0.2) is 18.3 Å². The Morgan fingerprint density at radius 3 is 2.74 bits per heavy atom. The number of aromatic nitrogens is 1. The molecule has 1 amide bonds. The third-order valence-corrected chi connectivity index (χ3v) is 4.80. The van der Waals surface area contributed by atoms with Gasteiger partial charge in [-0.3, -0.25) is 4.79 Å². The number of nitrogens with zero attached hydrogens (tertiary/aromatic N) is 3. The topological polar surface area (TPSA) is 36.4 Å². The molecule has 2 aliphatic heterocycles. The summed E-state index contributed by atoms with van der Waals surface area (Å²) in [5.41, 5.74) is 1.14. The summed E-state index contributed by atoms with van der Waals surface area (Å²) in [6.07, 6.45) is 3.11. The number of hydrogen-bond donors (Lipinski definition) is 0. The van der Waals surface area contributed by atoms with Gasteiger partial charge in [-0.2, -0.15) is 0 Å². The smallest absolute Gasteiger partial charge is 0.251 e. The average molecular weight is 323 g/mol. The van der Waals surface area contributed by atoms with Crippen molar-refractivity contribution in [2.75, 3.05) is 31.1 Å². The molecule has 4 nitrogen and oxygen atoms in total. The molecule has 1 atom stereocenters. The molecule has 2 fully saturated rings. The molecule has 1 aromatic rings. The van der Waals surface area contributed by atoms with Gasteiger partial charge in [0.2, 0.25) is 5.91 Å². The molecule has 2 aliphatic rings. The van der Waals surface area contributed by atoms with Gasteiger partial charge in [0, 0.05) is 45.2 Å². The van der Waals surface area contributed by atoms with E-state index in [1.54, 1.807) is 11.1 Å². The Bertz CT molecular complexity index is 569. The quantitative estimate of drug-likeness (QED) is 0.840. The normalized spacial score (nSPS) is 24.6. The van der Waals surface area contributed by atoms with Gasteiger partial charge in [-0.25, -0.2) is 13.8 Å². The molecule has 2 saturated heterocycles. The maximum Gasteiger partial charge on any atom is 0.251 e. The fourth-order valence-corrected chi connectivity index (χ4v) is 3.39. The lowest BCUT2D eigenvalue weighted by Crippen LogP contribution is -2.49. The van der Waals surface area contributed by atoms with Gasteiger partial charge in [0.15, 0.2) is 0 Å². The molecule has 0 aliphatic carbocycles. The van der Waals surface area contributed by atoms with Gasteiger partial charge in [-0.15, -0.1) is 0 Å². The van der Waals surface area contributed by atoms with Crippen LogP contribution in [-0.2, 0) is 4.79 Å². The zero-order valence-electron chi connectivity index (χ0n) is 13.5. The molecule has 23 heavy (non-hydrogen) atoms. The third-order valence-electron chi connectivity index (χ3n) is 4.80. The summed E-state index contributed by atoms with van der Waals surface area (Å²) in [6, 6.07) is 3.97. The summed E-state index contributed by atoms with van der Waals surface area (Å²) in [7, 11) is 0. The molecule has 1 unspecified atom stereocenters. The summed E-state index contributed by atoms with van der Waals surface area (Å²) in [4.78, 5) is 20.8. The summed E-state index contributed by atoms with van der Waals surface area (Å²) >= 11 is 0. The van der Waals surface area contributed by atoms with E-state index in [0.717, 1.165) is 30.8 Å². The summed E-state index contributed by atoms with van der Waals surface area (Å²) < 4.78 is 26.5. The Morgan fingerprint density at radius 1 is 1.30 bits per heavy atom. The average Bonchev–Trinajstić information content (AvgIpc) is 2.54. The Hall–Kier alpha value is -1.72. The minimum absolute atomic E-state index is 0.0258. The number of carbonyl (C=O) groups excluding carboxylic acids is 1. The Kier molecular flexibility index (Phi) is 4.50. The highest BCUT2D eigenvalue weighted by Gasteiger charge is 2.38.